The zero-order valence-corrected chi connectivity index (χ0v) is 15.1. The first-order valence-corrected chi connectivity index (χ1v) is 9.03. The summed E-state index contributed by atoms with van der Waals surface area (Å²) in [6.45, 7) is 4.00. The van der Waals surface area contributed by atoms with Gasteiger partial charge in [-0.3, -0.25) is 9.59 Å². The first kappa shape index (κ1) is 16.3. The van der Waals surface area contributed by atoms with Gasteiger partial charge in [-0.15, -0.1) is 0 Å². The first-order chi connectivity index (χ1) is 12.1. The van der Waals surface area contributed by atoms with E-state index in [1.165, 1.54) is 6.21 Å². The van der Waals surface area contributed by atoms with Crippen molar-refractivity contribution in [1.29, 1.82) is 0 Å². The zero-order chi connectivity index (χ0) is 17.6. The van der Waals surface area contributed by atoms with Gasteiger partial charge in [-0.25, -0.2) is 0 Å². The smallest absolute Gasteiger partial charge is 0.254 e. The van der Waals surface area contributed by atoms with Crippen LogP contribution in [0.5, 0.6) is 5.75 Å². The van der Waals surface area contributed by atoms with Gasteiger partial charge in [-0.05, 0) is 36.5 Å². The van der Waals surface area contributed by atoms with E-state index in [0.29, 0.717) is 17.9 Å². The largest absolute Gasteiger partial charge is 0.489 e. The number of imide groups is 1. The molecule has 4 atom stereocenters. The molecule has 128 valence electrons. The number of hydrazone groups is 1. The predicted molar refractivity (Wildman–Crippen MR) is 97.0 cm³/mol. The Morgan fingerprint density at radius 1 is 1.24 bits per heavy atom. The average molecular weight is 401 g/mol. The van der Waals surface area contributed by atoms with E-state index in [2.05, 4.69) is 39.8 Å². The van der Waals surface area contributed by atoms with Crippen molar-refractivity contribution in [3.8, 4) is 5.75 Å². The number of allylic oxidation sites excluding steroid dienone is 2. The number of benzene rings is 1. The van der Waals surface area contributed by atoms with Crippen molar-refractivity contribution in [2.24, 2.45) is 28.8 Å². The topological polar surface area (TPSA) is 59.0 Å². The van der Waals surface area contributed by atoms with Crippen LogP contribution in [0.3, 0.4) is 0 Å². The van der Waals surface area contributed by atoms with Gasteiger partial charge in [-0.2, -0.15) is 10.1 Å². The Kier molecular flexibility index (Phi) is 4.07. The van der Waals surface area contributed by atoms with Gasteiger partial charge in [-0.1, -0.05) is 40.7 Å². The molecular weight excluding hydrogens is 384 g/mol. The zero-order valence-electron chi connectivity index (χ0n) is 13.5. The summed E-state index contributed by atoms with van der Waals surface area (Å²) in [6, 6.07) is 5.50. The fourth-order valence-corrected chi connectivity index (χ4v) is 4.40. The Morgan fingerprint density at radius 3 is 2.56 bits per heavy atom. The van der Waals surface area contributed by atoms with Crippen molar-refractivity contribution < 1.29 is 14.3 Å². The minimum absolute atomic E-state index is 0.184. The number of hydrogen-bond donors (Lipinski definition) is 0. The summed E-state index contributed by atoms with van der Waals surface area (Å²) < 4.78 is 6.46. The standard InChI is InChI=1S/C19H17BrN2O3/c1-2-7-25-15-6-5-14(20)9-13(15)10-21-22-18(23)16-11-3-4-12(8-11)17(16)19(22)24/h2-6,9-12,16-17H,1,7-8H2/b21-10-/t11-,12-,16-,17+/m0/s1. The Balaban J connectivity index is 1.59. The van der Waals surface area contributed by atoms with Crippen LogP contribution >= 0.6 is 15.9 Å². The van der Waals surface area contributed by atoms with E-state index in [1.54, 1.807) is 12.1 Å². The lowest BCUT2D eigenvalue weighted by atomic mass is 9.85. The fraction of sp³-hybridized carbons (Fsp3) is 0.316. The van der Waals surface area contributed by atoms with Crippen LogP contribution in [0.2, 0.25) is 0 Å². The van der Waals surface area contributed by atoms with Crippen LogP contribution in [-0.2, 0) is 9.59 Å². The molecule has 2 bridgehead atoms. The summed E-state index contributed by atoms with van der Waals surface area (Å²) in [7, 11) is 0. The highest BCUT2D eigenvalue weighted by atomic mass is 79.9. The van der Waals surface area contributed by atoms with Crippen molar-refractivity contribution >= 4 is 34.0 Å². The Morgan fingerprint density at radius 2 is 1.92 bits per heavy atom. The maximum Gasteiger partial charge on any atom is 0.254 e. The van der Waals surface area contributed by atoms with Gasteiger partial charge < -0.3 is 4.74 Å². The van der Waals surface area contributed by atoms with E-state index >= 15 is 0 Å². The molecule has 2 fully saturated rings. The van der Waals surface area contributed by atoms with Gasteiger partial charge in [0.1, 0.15) is 12.4 Å². The summed E-state index contributed by atoms with van der Waals surface area (Å²) in [5.41, 5.74) is 0.690. The molecule has 1 aromatic carbocycles. The van der Waals surface area contributed by atoms with E-state index in [0.717, 1.165) is 15.9 Å². The predicted octanol–water partition coefficient (Wildman–Crippen LogP) is 3.15. The third-order valence-electron chi connectivity index (χ3n) is 5.09. The second kappa shape index (κ2) is 6.26. The van der Waals surface area contributed by atoms with Crippen LogP contribution in [0.25, 0.3) is 0 Å². The first-order valence-electron chi connectivity index (χ1n) is 8.23. The Hall–Kier alpha value is -2.21. The minimum atomic E-state index is -0.237. The van der Waals surface area contributed by atoms with Gasteiger partial charge in [0.05, 0.1) is 18.1 Å². The van der Waals surface area contributed by atoms with Crippen LogP contribution in [-0.4, -0.2) is 29.6 Å². The molecule has 0 unspecified atom stereocenters. The lowest BCUT2D eigenvalue weighted by molar-refractivity contribution is -0.140. The number of carbonyl (C=O) groups is 2. The number of ether oxygens (including phenoxy) is 1. The van der Waals surface area contributed by atoms with Crippen LogP contribution in [0.1, 0.15) is 12.0 Å². The molecule has 0 N–H and O–H groups in total. The summed E-state index contributed by atoms with van der Waals surface area (Å²) in [4.78, 5) is 25.3. The third-order valence-corrected chi connectivity index (χ3v) is 5.58. The molecule has 2 aliphatic carbocycles. The summed E-state index contributed by atoms with van der Waals surface area (Å²) in [6.07, 6.45) is 8.21. The lowest BCUT2D eigenvalue weighted by Crippen LogP contribution is -2.28. The third kappa shape index (κ3) is 2.65. The molecule has 1 saturated heterocycles. The quantitative estimate of drug-likeness (QED) is 0.433. The maximum absolute atomic E-state index is 12.6. The molecule has 25 heavy (non-hydrogen) atoms. The molecule has 5 nitrogen and oxygen atoms in total. The number of carbonyl (C=O) groups excluding carboxylic acids is 2. The van der Waals surface area contributed by atoms with Crippen LogP contribution in [0.4, 0.5) is 0 Å². The molecule has 1 aromatic rings. The van der Waals surface area contributed by atoms with Crippen molar-refractivity contribution in [1.82, 2.24) is 5.01 Å². The van der Waals surface area contributed by atoms with E-state index in [4.69, 9.17) is 4.74 Å². The van der Waals surface area contributed by atoms with Crippen LogP contribution < -0.4 is 4.74 Å². The van der Waals surface area contributed by atoms with Gasteiger partial charge in [0.15, 0.2) is 0 Å². The second-order valence-electron chi connectivity index (χ2n) is 6.51. The van der Waals surface area contributed by atoms with Crippen molar-refractivity contribution in [3.05, 3.63) is 53.0 Å². The van der Waals surface area contributed by atoms with Crippen LogP contribution in [0.15, 0.2) is 52.6 Å². The average Bonchev–Trinajstić information content (AvgIpc) is 3.27. The monoisotopic (exact) mass is 400 g/mol. The number of hydrogen-bond acceptors (Lipinski definition) is 4. The van der Waals surface area contributed by atoms with Gasteiger partial charge in [0, 0.05) is 10.0 Å². The molecule has 2 amide bonds. The lowest BCUT2D eigenvalue weighted by Gasteiger charge is -2.13. The second-order valence-corrected chi connectivity index (χ2v) is 7.43. The molecule has 1 saturated carbocycles. The molecule has 4 rings (SSSR count). The normalized spacial score (nSPS) is 29.7. The highest BCUT2D eigenvalue weighted by molar-refractivity contribution is 9.10. The molecule has 6 heteroatoms. The summed E-state index contributed by atoms with van der Waals surface area (Å²) in [5.74, 6) is 0.136. The van der Waals surface area contributed by atoms with Crippen molar-refractivity contribution in [2.45, 2.75) is 6.42 Å². The molecule has 0 spiro atoms. The summed E-state index contributed by atoms with van der Waals surface area (Å²) >= 11 is 3.41. The van der Waals surface area contributed by atoms with E-state index < -0.39 is 0 Å². The molecular formula is C19H17BrN2O3. The number of halogens is 1. The molecule has 1 heterocycles. The number of amides is 2. The highest BCUT2D eigenvalue weighted by Gasteiger charge is 2.59. The Bertz CT molecular complexity index is 787. The summed E-state index contributed by atoms with van der Waals surface area (Å²) in [5, 5.41) is 5.24. The van der Waals surface area contributed by atoms with Gasteiger partial charge in [0.2, 0.25) is 0 Å². The van der Waals surface area contributed by atoms with E-state index in [-0.39, 0.29) is 35.5 Å². The maximum atomic E-state index is 12.6. The number of nitrogens with zero attached hydrogens (tertiary/aromatic N) is 2. The molecule has 1 aliphatic heterocycles. The van der Waals surface area contributed by atoms with Gasteiger partial charge >= 0.3 is 0 Å². The van der Waals surface area contributed by atoms with Crippen molar-refractivity contribution in [2.75, 3.05) is 6.61 Å². The molecule has 3 aliphatic rings. The fourth-order valence-electron chi connectivity index (χ4n) is 4.02. The molecule has 0 aromatic heterocycles. The van der Waals surface area contributed by atoms with E-state index in [9.17, 15) is 9.59 Å². The van der Waals surface area contributed by atoms with Crippen LogP contribution in [0, 0.1) is 23.7 Å². The number of fused-ring (bicyclic) bond motifs is 5. The highest BCUT2D eigenvalue weighted by Crippen LogP contribution is 2.52. The van der Waals surface area contributed by atoms with E-state index in [1.807, 2.05) is 12.1 Å². The van der Waals surface area contributed by atoms with Gasteiger partial charge in [0.25, 0.3) is 11.8 Å². The molecule has 0 radical (unpaired) electrons. The van der Waals surface area contributed by atoms with Crippen molar-refractivity contribution in [3.63, 3.8) is 0 Å². The number of rotatable bonds is 5. The Labute approximate surface area is 154 Å². The minimum Gasteiger partial charge on any atom is -0.489 e. The SMILES string of the molecule is C=CCOc1ccc(Br)cc1/C=N\N1C(=O)[C@@H]2[C@H](C1=O)[C@H]1C=C[C@H]2C1.